The summed E-state index contributed by atoms with van der Waals surface area (Å²) in [6.07, 6.45) is 0.700. The Morgan fingerprint density at radius 2 is 1.65 bits per heavy atom. The number of aromatic nitrogens is 3. The first-order valence-corrected chi connectivity index (χ1v) is 11.8. The van der Waals surface area contributed by atoms with Gasteiger partial charge in [0.1, 0.15) is 5.82 Å². The fraction of sp³-hybridized carbons (Fsp3) is 0.154. The molecule has 0 aliphatic heterocycles. The summed E-state index contributed by atoms with van der Waals surface area (Å²) in [4.78, 5) is 24.4. The van der Waals surface area contributed by atoms with Crippen LogP contribution in [0.2, 0.25) is 0 Å². The van der Waals surface area contributed by atoms with Crippen molar-refractivity contribution >= 4 is 29.1 Å². The highest BCUT2D eigenvalue weighted by Gasteiger charge is 2.18. The van der Waals surface area contributed by atoms with Crippen molar-refractivity contribution in [1.29, 1.82) is 0 Å². The van der Waals surface area contributed by atoms with Crippen molar-refractivity contribution in [3.05, 3.63) is 95.8 Å². The Kier molecular flexibility index (Phi) is 7.49. The maximum Gasteiger partial charge on any atom is 0.234 e. The highest BCUT2D eigenvalue weighted by atomic mass is 32.2. The van der Waals surface area contributed by atoms with E-state index in [0.717, 1.165) is 5.56 Å². The molecule has 0 fully saturated rings. The molecule has 6 nitrogen and oxygen atoms in total. The SMILES string of the molecule is CC(=O)c1ccccc1NC(=O)CSc1nnc(-c2ccccc2F)n1CCc1ccccc1. The molecule has 0 saturated carbocycles. The van der Waals surface area contributed by atoms with Crippen LogP contribution < -0.4 is 5.32 Å². The summed E-state index contributed by atoms with van der Waals surface area (Å²) in [6.45, 7) is 1.98. The van der Waals surface area contributed by atoms with Gasteiger partial charge < -0.3 is 9.88 Å². The van der Waals surface area contributed by atoms with Gasteiger partial charge in [0, 0.05) is 12.1 Å². The summed E-state index contributed by atoms with van der Waals surface area (Å²) in [5.41, 5.74) is 2.41. The standard InChI is InChI=1S/C26H23FN4O2S/c1-18(32)20-11-6-8-14-23(20)28-24(33)17-34-26-30-29-25(21-12-5-7-13-22(21)27)31(26)16-15-19-9-3-2-4-10-19/h2-14H,15-17H2,1H3,(H,28,33). The number of ketones is 1. The van der Waals surface area contributed by atoms with Gasteiger partial charge in [-0.2, -0.15) is 0 Å². The van der Waals surface area contributed by atoms with Crippen molar-refractivity contribution in [2.24, 2.45) is 0 Å². The molecule has 1 amide bonds. The third-order valence-electron chi connectivity index (χ3n) is 5.21. The Morgan fingerprint density at radius 1 is 0.941 bits per heavy atom. The van der Waals surface area contributed by atoms with Gasteiger partial charge in [-0.3, -0.25) is 9.59 Å². The second-order valence-electron chi connectivity index (χ2n) is 7.61. The first kappa shape index (κ1) is 23.4. The third-order valence-corrected chi connectivity index (χ3v) is 6.18. The lowest BCUT2D eigenvalue weighted by Crippen LogP contribution is -2.16. The van der Waals surface area contributed by atoms with E-state index in [1.54, 1.807) is 42.5 Å². The number of hydrogen-bond donors (Lipinski definition) is 1. The van der Waals surface area contributed by atoms with Crippen LogP contribution in [-0.4, -0.2) is 32.2 Å². The first-order chi connectivity index (χ1) is 16.5. The van der Waals surface area contributed by atoms with Crippen LogP contribution in [0, 0.1) is 5.82 Å². The van der Waals surface area contributed by atoms with E-state index in [1.165, 1.54) is 24.8 Å². The zero-order valence-corrected chi connectivity index (χ0v) is 19.4. The number of nitrogens with one attached hydrogen (secondary N) is 1. The molecule has 8 heteroatoms. The van der Waals surface area contributed by atoms with E-state index in [4.69, 9.17) is 0 Å². The predicted molar refractivity (Wildman–Crippen MR) is 131 cm³/mol. The lowest BCUT2D eigenvalue weighted by Gasteiger charge is -2.12. The number of carbonyl (C=O) groups excluding carboxylic acids is 2. The number of Topliss-reactive ketones (excluding diaryl/α,β-unsaturated/α-hetero) is 1. The molecule has 0 radical (unpaired) electrons. The molecule has 172 valence electrons. The smallest absolute Gasteiger partial charge is 0.234 e. The second kappa shape index (κ2) is 10.9. The number of hydrogen-bond acceptors (Lipinski definition) is 5. The largest absolute Gasteiger partial charge is 0.325 e. The maximum absolute atomic E-state index is 14.5. The molecule has 4 aromatic rings. The van der Waals surface area contributed by atoms with E-state index in [0.29, 0.717) is 40.8 Å². The van der Waals surface area contributed by atoms with E-state index >= 15 is 0 Å². The molecule has 0 bridgehead atoms. The number of nitrogens with zero attached hydrogens (tertiary/aromatic N) is 3. The fourth-order valence-corrected chi connectivity index (χ4v) is 4.30. The van der Waals surface area contributed by atoms with Crippen LogP contribution in [0.25, 0.3) is 11.4 Å². The van der Waals surface area contributed by atoms with Gasteiger partial charge in [-0.1, -0.05) is 66.4 Å². The maximum atomic E-state index is 14.5. The Hall–Kier alpha value is -3.78. The van der Waals surface area contributed by atoms with E-state index in [1.807, 2.05) is 34.9 Å². The molecule has 4 rings (SSSR count). The summed E-state index contributed by atoms with van der Waals surface area (Å²) in [7, 11) is 0. The van der Waals surface area contributed by atoms with Crippen LogP contribution in [0.5, 0.6) is 0 Å². The van der Waals surface area contributed by atoms with E-state index in [2.05, 4.69) is 15.5 Å². The minimum absolute atomic E-state index is 0.0625. The Balaban J connectivity index is 1.53. The number of benzene rings is 3. The van der Waals surface area contributed by atoms with Gasteiger partial charge in [0.2, 0.25) is 5.91 Å². The van der Waals surface area contributed by atoms with Gasteiger partial charge in [0.25, 0.3) is 0 Å². The van der Waals surface area contributed by atoms with Gasteiger partial charge in [0.15, 0.2) is 16.8 Å². The van der Waals surface area contributed by atoms with Crippen molar-refractivity contribution in [2.75, 3.05) is 11.1 Å². The molecule has 1 N–H and O–H groups in total. The van der Waals surface area contributed by atoms with Gasteiger partial charge in [-0.25, -0.2) is 4.39 Å². The van der Waals surface area contributed by atoms with Crippen LogP contribution >= 0.6 is 11.8 Å². The lowest BCUT2D eigenvalue weighted by atomic mass is 10.1. The Morgan fingerprint density at radius 3 is 2.41 bits per heavy atom. The number of halogens is 1. The Bertz CT molecular complexity index is 1310. The molecule has 0 spiro atoms. The molecule has 3 aromatic carbocycles. The molecule has 34 heavy (non-hydrogen) atoms. The van der Waals surface area contributed by atoms with Gasteiger partial charge in [-0.15, -0.1) is 10.2 Å². The molecular weight excluding hydrogens is 451 g/mol. The fourth-order valence-electron chi connectivity index (χ4n) is 3.54. The number of carbonyl (C=O) groups is 2. The topological polar surface area (TPSA) is 76.9 Å². The Labute approximate surface area is 201 Å². The average molecular weight is 475 g/mol. The number of amides is 1. The molecule has 0 atom stereocenters. The molecule has 1 aromatic heterocycles. The minimum atomic E-state index is -0.383. The summed E-state index contributed by atoms with van der Waals surface area (Å²) < 4.78 is 16.3. The average Bonchev–Trinajstić information content (AvgIpc) is 3.25. The highest BCUT2D eigenvalue weighted by molar-refractivity contribution is 7.99. The molecule has 0 unspecified atom stereocenters. The monoisotopic (exact) mass is 474 g/mol. The van der Waals surface area contributed by atoms with E-state index in [-0.39, 0.29) is 23.3 Å². The van der Waals surface area contributed by atoms with Crippen molar-refractivity contribution in [3.8, 4) is 11.4 Å². The summed E-state index contributed by atoms with van der Waals surface area (Å²) in [5, 5.41) is 11.8. The lowest BCUT2D eigenvalue weighted by molar-refractivity contribution is -0.113. The molecular formula is C26H23FN4O2S. The van der Waals surface area contributed by atoms with Crippen LogP contribution in [-0.2, 0) is 17.8 Å². The first-order valence-electron chi connectivity index (χ1n) is 10.8. The van der Waals surface area contributed by atoms with E-state index in [9.17, 15) is 14.0 Å². The number of thioether (sulfide) groups is 1. The number of aryl methyl sites for hydroxylation is 1. The van der Waals surface area contributed by atoms with Crippen molar-refractivity contribution in [1.82, 2.24) is 14.8 Å². The summed E-state index contributed by atoms with van der Waals surface area (Å²) >= 11 is 1.22. The van der Waals surface area contributed by atoms with Crippen LogP contribution in [0.1, 0.15) is 22.8 Å². The summed E-state index contributed by atoms with van der Waals surface area (Å²) in [5.74, 6) is -0.306. The van der Waals surface area contributed by atoms with E-state index < -0.39 is 0 Å². The molecule has 0 aliphatic rings. The third kappa shape index (κ3) is 5.58. The highest BCUT2D eigenvalue weighted by Crippen LogP contribution is 2.27. The van der Waals surface area contributed by atoms with Crippen molar-refractivity contribution in [2.45, 2.75) is 25.0 Å². The van der Waals surface area contributed by atoms with Crippen LogP contribution in [0.4, 0.5) is 10.1 Å². The van der Waals surface area contributed by atoms with Gasteiger partial charge in [0.05, 0.1) is 17.0 Å². The number of para-hydroxylation sites is 1. The van der Waals surface area contributed by atoms with Crippen molar-refractivity contribution < 1.29 is 14.0 Å². The second-order valence-corrected chi connectivity index (χ2v) is 8.55. The van der Waals surface area contributed by atoms with Gasteiger partial charge in [-0.05, 0) is 43.2 Å². The van der Waals surface area contributed by atoms with Crippen LogP contribution in [0.15, 0.2) is 84.0 Å². The normalized spacial score (nSPS) is 10.8. The van der Waals surface area contributed by atoms with Crippen molar-refractivity contribution in [3.63, 3.8) is 0 Å². The van der Waals surface area contributed by atoms with Crippen LogP contribution in [0.3, 0.4) is 0 Å². The zero-order chi connectivity index (χ0) is 23.9. The molecule has 1 heterocycles. The quantitative estimate of drug-likeness (QED) is 0.265. The minimum Gasteiger partial charge on any atom is -0.325 e. The van der Waals surface area contributed by atoms with Gasteiger partial charge >= 0.3 is 0 Å². The number of rotatable bonds is 9. The summed E-state index contributed by atoms with van der Waals surface area (Å²) in [6, 6.07) is 23.3. The number of anilines is 1. The predicted octanol–water partition coefficient (Wildman–Crippen LogP) is 5.26. The molecule has 0 saturated heterocycles. The zero-order valence-electron chi connectivity index (χ0n) is 18.6. The molecule has 0 aliphatic carbocycles.